The van der Waals surface area contributed by atoms with Gasteiger partial charge in [0, 0.05) is 31.7 Å². The molecule has 0 aromatic rings. The van der Waals surface area contributed by atoms with Crippen LogP contribution < -0.4 is 5.32 Å². The van der Waals surface area contributed by atoms with Crippen molar-refractivity contribution in [2.45, 2.75) is 64.5 Å². The molecule has 2 rings (SSSR count). The lowest BCUT2D eigenvalue weighted by Crippen LogP contribution is -2.41. The Balaban J connectivity index is 1.59. The van der Waals surface area contributed by atoms with Crippen LogP contribution in [0.2, 0.25) is 0 Å². The minimum atomic E-state index is 0.686. The van der Waals surface area contributed by atoms with Crippen LogP contribution in [0.25, 0.3) is 0 Å². The summed E-state index contributed by atoms with van der Waals surface area (Å²) in [5.41, 5.74) is 0. The Morgan fingerprint density at radius 1 is 1.16 bits per heavy atom. The first kappa shape index (κ1) is 15.3. The second-order valence-electron chi connectivity index (χ2n) is 6.48. The molecule has 0 spiro atoms. The van der Waals surface area contributed by atoms with Crippen molar-refractivity contribution in [3.8, 4) is 0 Å². The molecule has 19 heavy (non-hydrogen) atoms. The monoisotopic (exact) mass is 267 g/mol. The average Bonchev–Trinajstić information content (AvgIpc) is 2.89. The Morgan fingerprint density at radius 3 is 2.68 bits per heavy atom. The highest BCUT2D eigenvalue weighted by atomic mass is 15.3. The second kappa shape index (κ2) is 8.23. The van der Waals surface area contributed by atoms with E-state index in [1.807, 2.05) is 0 Å². The molecular weight excluding hydrogens is 234 g/mol. The molecule has 2 saturated heterocycles. The number of hydrogen-bond acceptors (Lipinski definition) is 3. The van der Waals surface area contributed by atoms with Crippen molar-refractivity contribution in [1.29, 1.82) is 0 Å². The molecule has 0 saturated carbocycles. The highest BCUT2D eigenvalue weighted by molar-refractivity contribution is 4.85. The fraction of sp³-hybridized carbons (Fsp3) is 1.00. The van der Waals surface area contributed by atoms with Gasteiger partial charge in [0.15, 0.2) is 0 Å². The molecule has 2 unspecified atom stereocenters. The second-order valence-corrected chi connectivity index (χ2v) is 6.48. The molecule has 0 aliphatic carbocycles. The van der Waals surface area contributed by atoms with Crippen LogP contribution in [0.1, 0.15) is 52.4 Å². The molecule has 2 fully saturated rings. The van der Waals surface area contributed by atoms with Gasteiger partial charge >= 0.3 is 0 Å². The molecule has 3 nitrogen and oxygen atoms in total. The molecule has 0 aromatic heterocycles. The SMILES string of the molecule is CCCC(C)NCCN1CCC(N2CCCCC2)C1. The Labute approximate surface area is 119 Å². The standard InChI is InChI=1S/C16H33N3/c1-3-7-15(2)17-9-13-18-12-8-16(14-18)19-10-5-4-6-11-19/h15-17H,3-14H2,1-2H3. The molecule has 2 aliphatic heterocycles. The largest absolute Gasteiger partial charge is 0.313 e. The quantitative estimate of drug-likeness (QED) is 0.764. The molecule has 0 aromatic carbocycles. The van der Waals surface area contributed by atoms with Gasteiger partial charge < -0.3 is 10.2 Å². The number of likely N-dealkylation sites (tertiary alicyclic amines) is 2. The third-order valence-electron chi connectivity index (χ3n) is 4.80. The van der Waals surface area contributed by atoms with Gasteiger partial charge in [-0.15, -0.1) is 0 Å². The van der Waals surface area contributed by atoms with Gasteiger partial charge in [-0.25, -0.2) is 0 Å². The summed E-state index contributed by atoms with van der Waals surface area (Å²) in [7, 11) is 0. The van der Waals surface area contributed by atoms with E-state index in [2.05, 4.69) is 29.0 Å². The van der Waals surface area contributed by atoms with Crippen molar-refractivity contribution in [2.75, 3.05) is 39.3 Å². The van der Waals surface area contributed by atoms with Gasteiger partial charge in [-0.1, -0.05) is 19.8 Å². The molecule has 0 bridgehead atoms. The topological polar surface area (TPSA) is 18.5 Å². The predicted molar refractivity (Wildman–Crippen MR) is 82.6 cm³/mol. The lowest BCUT2D eigenvalue weighted by atomic mass is 10.1. The van der Waals surface area contributed by atoms with Crippen molar-refractivity contribution in [2.24, 2.45) is 0 Å². The van der Waals surface area contributed by atoms with Crippen LogP contribution in [-0.2, 0) is 0 Å². The predicted octanol–water partition coefficient (Wildman–Crippen LogP) is 2.32. The van der Waals surface area contributed by atoms with Crippen LogP contribution in [0.3, 0.4) is 0 Å². The lowest BCUT2D eigenvalue weighted by Gasteiger charge is -2.32. The Hall–Kier alpha value is -0.120. The summed E-state index contributed by atoms with van der Waals surface area (Å²) in [5, 5.41) is 3.65. The normalized spacial score (nSPS) is 27.8. The van der Waals surface area contributed by atoms with Crippen molar-refractivity contribution in [3.63, 3.8) is 0 Å². The Kier molecular flexibility index (Phi) is 6.62. The first-order valence-corrected chi connectivity index (χ1v) is 8.49. The van der Waals surface area contributed by atoms with E-state index in [0.29, 0.717) is 6.04 Å². The van der Waals surface area contributed by atoms with Crippen molar-refractivity contribution in [1.82, 2.24) is 15.1 Å². The number of nitrogens with one attached hydrogen (secondary N) is 1. The van der Waals surface area contributed by atoms with E-state index in [4.69, 9.17) is 0 Å². The summed E-state index contributed by atoms with van der Waals surface area (Å²) in [6, 6.07) is 1.54. The van der Waals surface area contributed by atoms with Gasteiger partial charge in [-0.3, -0.25) is 4.90 Å². The minimum Gasteiger partial charge on any atom is -0.313 e. The molecular formula is C16H33N3. The van der Waals surface area contributed by atoms with Crippen molar-refractivity contribution in [3.05, 3.63) is 0 Å². The van der Waals surface area contributed by atoms with Crippen molar-refractivity contribution < 1.29 is 0 Å². The van der Waals surface area contributed by atoms with Gasteiger partial charge in [0.1, 0.15) is 0 Å². The first-order chi connectivity index (χ1) is 9.29. The third kappa shape index (κ3) is 5.05. The molecule has 2 aliphatic rings. The Bertz CT molecular complexity index is 238. The van der Waals surface area contributed by atoms with Crippen molar-refractivity contribution >= 4 is 0 Å². The number of nitrogens with zero attached hydrogens (tertiary/aromatic N) is 2. The third-order valence-corrected chi connectivity index (χ3v) is 4.80. The van der Waals surface area contributed by atoms with E-state index >= 15 is 0 Å². The minimum absolute atomic E-state index is 0.686. The van der Waals surface area contributed by atoms with E-state index in [9.17, 15) is 0 Å². The van der Waals surface area contributed by atoms with Crippen LogP contribution in [0.4, 0.5) is 0 Å². The number of hydrogen-bond donors (Lipinski definition) is 1. The molecule has 2 atom stereocenters. The summed E-state index contributed by atoms with van der Waals surface area (Å²) in [6.07, 6.45) is 8.28. The smallest absolute Gasteiger partial charge is 0.0235 e. The maximum atomic E-state index is 3.65. The van der Waals surface area contributed by atoms with Crippen LogP contribution in [0.5, 0.6) is 0 Å². The molecule has 3 heteroatoms. The van der Waals surface area contributed by atoms with Crippen LogP contribution in [0, 0.1) is 0 Å². The van der Waals surface area contributed by atoms with Gasteiger partial charge in [0.25, 0.3) is 0 Å². The fourth-order valence-corrected chi connectivity index (χ4v) is 3.60. The molecule has 2 heterocycles. The van der Waals surface area contributed by atoms with E-state index in [0.717, 1.165) is 12.6 Å². The summed E-state index contributed by atoms with van der Waals surface area (Å²) in [6.45, 7) is 12.3. The summed E-state index contributed by atoms with van der Waals surface area (Å²) in [5.74, 6) is 0. The fourth-order valence-electron chi connectivity index (χ4n) is 3.60. The Morgan fingerprint density at radius 2 is 1.95 bits per heavy atom. The summed E-state index contributed by atoms with van der Waals surface area (Å²) >= 11 is 0. The van der Waals surface area contributed by atoms with E-state index in [1.54, 1.807) is 0 Å². The van der Waals surface area contributed by atoms with Crippen LogP contribution >= 0.6 is 0 Å². The summed E-state index contributed by atoms with van der Waals surface area (Å²) < 4.78 is 0. The maximum absolute atomic E-state index is 3.65. The number of piperidine rings is 1. The molecule has 1 N–H and O–H groups in total. The van der Waals surface area contributed by atoms with E-state index in [-0.39, 0.29) is 0 Å². The van der Waals surface area contributed by atoms with Crippen LogP contribution in [0.15, 0.2) is 0 Å². The maximum Gasteiger partial charge on any atom is 0.0235 e. The zero-order valence-electron chi connectivity index (χ0n) is 13.0. The van der Waals surface area contributed by atoms with E-state index in [1.165, 1.54) is 71.2 Å². The zero-order valence-corrected chi connectivity index (χ0v) is 13.0. The molecule has 0 radical (unpaired) electrons. The highest BCUT2D eigenvalue weighted by Crippen LogP contribution is 2.19. The number of rotatable bonds is 7. The first-order valence-electron chi connectivity index (χ1n) is 8.49. The van der Waals surface area contributed by atoms with Gasteiger partial charge in [0.2, 0.25) is 0 Å². The molecule has 112 valence electrons. The van der Waals surface area contributed by atoms with E-state index < -0.39 is 0 Å². The molecule has 0 amide bonds. The lowest BCUT2D eigenvalue weighted by molar-refractivity contribution is 0.162. The highest BCUT2D eigenvalue weighted by Gasteiger charge is 2.27. The average molecular weight is 267 g/mol. The van der Waals surface area contributed by atoms with Gasteiger partial charge in [-0.05, 0) is 52.2 Å². The van der Waals surface area contributed by atoms with Gasteiger partial charge in [-0.2, -0.15) is 0 Å². The van der Waals surface area contributed by atoms with Crippen LogP contribution in [-0.4, -0.2) is 61.2 Å². The zero-order chi connectivity index (χ0) is 13.5. The van der Waals surface area contributed by atoms with Gasteiger partial charge in [0.05, 0.1) is 0 Å². The summed E-state index contributed by atoms with van der Waals surface area (Å²) in [4.78, 5) is 5.40.